The molecule has 0 atom stereocenters. The number of nitrogens with two attached hydrogens (primary N) is 1. The van der Waals surface area contributed by atoms with Crippen LogP contribution in [-0.4, -0.2) is 7.05 Å². The minimum Gasteiger partial charge on any atom is -0.333 e. The number of hydrogen-bond acceptors (Lipinski definition) is 2. The molecule has 2 heteroatoms. The molecule has 0 unspecified atom stereocenters. The molecule has 1 aromatic rings. The zero-order valence-corrected chi connectivity index (χ0v) is 13.4. The summed E-state index contributed by atoms with van der Waals surface area (Å²) < 4.78 is 0. The number of nitrogens with zero attached hydrogens (tertiary/aromatic N) is 1. The lowest BCUT2D eigenvalue weighted by atomic mass is 9.98. The molecule has 0 radical (unpaired) electrons. The summed E-state index contributed by atoms with van der Waals surface area (Å²) >= 11 is 0. The predicted octanol–water partition coefficient (Wildman–Crippen LogP) is 4.73. The van der Waals surface area contributed by atoms with Gasteiger partial charge in [-0.1, -0.05) is 52.0 Å². The molecule has 0 saturated carbocycles. The average Bonchev–Trinajstić information content (AvgIpc) is 2.49. The van der Waals surface area contributed by atoms with Crippen LogP contribution < -0.4 is 5.73 Å². The first-order valence-electron chi connectivity index (χ1n) is 6.82. The van der Waals surface area contributed by atoms with Crippen LogP contribution in [0.25, 0.3) is 5.57 Å². The van der Waals surface area contributed by atoms with E-state index < -0.39 is 0 Å². The molecule has 2 N–H and O–H groups in total. The highest BCUT2D eigenvalue weighted by Gasteiger charge is 2.02. The van der Waals surface area contributed by atoms with Crippen molar-refractivity contribution in [3.05, 3.63) is 41.0 Å². The molecule has 0 aromatic heterocycles. The molecule has 0 fully saturated rings. The van der Waals surface area contributed by atoms with Crippen molar-refractivity contribution in [3.63, 3.8) is 0 Å². The summed E-state index contributed by atoms with van der Waals surface area (Å²) in [7, 11) is 1.50. The molecule has 0 heterocycles. The van der Waals surface area contributed by atoms with Crippen molar-refractivity contribution >= 4 is 5.57 Å². The molecule has 2 nitrogen and oxygen atoms in total. The van der Waals surface area contributed by atoms with E-state index in [1.807, 2.05) is 27.7 Å². The average molecular weight is 260 g/mol. The molecule has 0 aliphatic carbocycles. The van der Waals surface area contributed by atoms with Crippen molar-refractivity contribution < 1.29 is 0 Å². The molecule has 19 heavy (non-hydrogen) atoms. The lowest BCUT2D eigenvalue weighted by Gasteiger charge is -2.07. The molecule has 1 rings (SSSR count). The van der Waals surface area contributed by atoms with Gasteiger partial charge in [-0.15, -0.1) is 0 Å². The lowest BCUT2D eigenvalue weighted by Crippen LogP contribution is -1.88. The fourth-order valence-corrected chi connectivity index (χ4v) is 1.42. The van der Waals surface area contributed by atoms with E-state index in [9.17, 15) is 0 Å². The molecule has 0 amide bonds. The van der Waals surface area contributed by atoms with Crippen LogP contribution >= 0.6 is 0 Å². The first-order valence-corrected chi connectivity index (χ1v) is 6.82. The molecule has 0 spiro atoms. The third kappa shape index (κ3) is 6.79. The van der Waals surface area contributed by atoms with E-state index in [1.54, 1.807) is 0 Å². The van der Waals surface area contributed by atoms with Crippen molar-refractivity contribution in [3.8, 4) is 6.07 Å². The van der Waals surface area contributed by atoms with E-state index in [1.165, 1.54) is 12.6 Å². The summed E-state index contributed by atoms with van der Waals surface area (Å²) in [4.78, 5) is 0. The van der Waals surface area contributed by atoms with Crippen molar-refractivity contribution in [2.75, 3.05) is 7.05 Å². The van der Waals surface area contributed by atoms with Crippen molar-refractivity contribution in [1.29, 1.82) is 5.26 Å². The van der Waals surface area contributed by atoms with Gasteiger partial charge in [0.05, 0.1) is 6.07 Å². The van der Waals surface area contributed by atoms with Crippen LogP contribution in [0.4, 0.5) is 0 Å². The van der Waals surface area contributed by atoms with Gasteiger partial charge in [-0.3, -0.25) is 0 Å². The van der Waals surface area contributed by atoms with E-state index in [0.29, 0.717) is 5.92 Å². The van der Waals surface area contributed by atoms with Gasteiger partial charge in [0.1, 0.15) is 0 Å². The monoisotopic (exact) mass is 260 g/mol. The second-order valence-corrected chi connectivity index (χ2v) is 4.14. The minimum atomic E-state index is 0.556. The Hall–Kier alpha value is -1.59. The molecule has 0 aliphatic heterocycles. The normalized spacial score (nSPS) is 10.3. The third-order valence-electron chi connectivity index (χ3n) is 2.74. The minimum absolute atomic E-state index is 0.556. The molecular formula is C17H28N2. The highest BCUT2D eigenvalue weighted by Crippen LogP contribution is 2.21. The number of benzene rings is 1. The molecule has 106 valence electrons. The standard InChI is InChI=1S/C14H17N.C2H6.CH5N/c1-10(2)13-5-7-14(8-6-13)12(4)11(3)9-15;2*1-2/h5-8,10H,1-4H3;1-2H3;2H2,1H3/b12-11-;;. The van der Waals surface area contributed by atoms with Crippen LogP contribution in [0.5, 0.6) is 0 Å². The van der Waals surface area contributed by atoms with Gasteiger partial charge in [0.25, 0.3) is 0 Å². The zero-order chi connectivity index (χ0) is 15.4. The Kier molecular flexibility index (Phi) is 11.9. The predicted molar refractivity (Wildman–Crippen MR) is 85.9 cm³/mol. The first-order chi connectivity index (χ1) is 9.06. The van der Waals surface area contributed by atoms with Crippen LogP contribution in [0.3, 0.4) is 0 Å². The van der Waals surface area contributed by atoms with Gasteiger partial charge in [-0.25, -0.2) is 0 Å². The fraction of sp³-hybridized carbons (Fsp3) is 0.471. The van der Waals surface area contributed by atoms with E-state index >= 15 is 0 Å². The largest absolute Gasteiger partial charge is 0.333 e. The topological polar surface area (TPSA) is 49.8 Å². The molecule has 0 bridgehead atoms. The van der Waals surface area contributed by atoms with E-state index in [-0.39, 0.29) is 0 Å². The third-order valence-corrected chi connectivity index (χ3v) is 2.74. The molecule has 0 aliphatic rings. The Morgan fingerprint density at radius 2 is 1.47 bits per heavy atom. The van der Waals surface area contributed by atoms with Gasteiger partial charge in [0, 0.05) is 5.57 Å². The molecule has 0 saturated heterocycles. The van der Waals surface area contributed by atoms with Crippen LogP contribution in [0.15, 0.2) is 29.8 Å². The van der Waals surface area contributed by atoms with Crippen molar-refractivity contribution in [1.82, 2.24) is 0 Å². The van der Waals surface area contributed by atoms with E-state index in [2.05, 4.69) is 49.9 Å². The maximum atomic E-state index is 8.80. The van der Waals surface area contributed by atoms with Gasteiger partial charge in [-0.05, 0) is 43.5 Å². The summed E-state index contributed by atoms with van der Waals surface area (Å²) in [6.07, 6.45) is 0. The maximum Gasteiger partial charge on any atom is 0.0947 e. The maximum absolute atomic E-state index is 8.80. The Labute approximate surface area is 119 Å². The van der Waals surface area contributed by atoms with Gasteiger partial charge < -0.3 is 5.73 Å². The van der Waals surface area contributed by atoms with Crippen LogP contribution in [0, 0.1) is 11.3 Å². The summed E-state index contributed by atoms with van der Waals surface area (Å²) in [6.45, 7) is 12.2. The van der Waals surface area contributed by atoms with Crippen LogP contribution in [0.1, 0.15) is 58.6 Å². The zero-order valence-electron chi connectivity index (χ0n) is 13.4. The summed E-state index contributed by atoms with van der Waals surface area (Å²) in [5.74, 6) is 0.556. The van der Waals surface area contributed by atoms with Gasteiger partial charge >= 0.3 is 0 Å². The highest BCUT2D eigenvalue weighted by molar-refractivity contribution is 5.69. The first kappa shape index (κ1) is 19.7. The Balaban J connectivity index is 0. The Morgan fingerprint density at radius 3 is 1.79 bits per heavy atom. The summed E-state index contributed by atoms with van der Waals surface area (Å²) in [5.41, 5.74) is 8.82. The number of rotatable bonds is 2. The van der Waals surface area contributed by atoms with Gasteiger partial charge in [0.15, 0.2) is 0 Å². The Morgan fingerprint density at radius 1 is 1.05 bits per heavy atom. The fourth-order valence-electron chi connectivity index (χ4n) is 1.42. The number of nitriles is 1. The SMILES string of the molecule is C/C(C#N)=C(\C)c1ccc(C(C)C)cc1.CC.CN. The van der Waals surface area contributed by atoms with Gasteiger partial charge in [-0.2, -0.15) is 5.26 Å². The lowest BCUT2D eigenvalue weighted by molar-refractivity contribution is 0.866. The van der Waals surface area contributed by atoms with Crippen molar-refractivity contribution in [2.45, 2.75) is 47.5 Å². The quantitative estimate of drug-likeness (QED) is 0.782. The van der Waals surface area contributed by atoms with Crippen LogP contribution in [-0.2, 0) is 0 Å². The summed E-state index contributed by atoms with van der Waals surface area (Å²) in [6, 6.07) is 10.6. The Bertz CT molecular complexity index is 406. The summed E-state index contributed by atoms with van der Waals surface area (Å²) in [5, 5.41) is 8.80. The van der Waals surface area contributed by atoms with Gasteiger partial charge in [0.2, 0.25) is 0 Å². The smallest absolute Gasteiger partial charge is 0.0947 e. The van der Waals surface area contributed by atoms with E-state index in [0.717, 1.165) is 16.7 Å². The van der Waals surface area contributed by atoms with Crippen LogP contribution in [0.2, 0.25) is 0 Å². The second-order valence-electron chi connectivity index (χ2n) is 4.14. The molecular weight excluding hydrogens is 232 g/mol. The highest BCUT2D eigenvalue weighted by atomic mass is 14.4. The number of hydrogen-bond donors (Lipinski definition) is 1. The van der Waals surface area contributed by atoms with E-state index in [4.69, 9.17) is 5.26 Å². The van der Waals surface area contributed by atoms with Crippen molar-refractivity contribution in [2.24, 2.45) is 5.73 Å². The molecule has 1 aromatic carbocycles. The second kappa shape index (κ2) is 11.5. The number of allylic oxidation sites excluding steroid dienone is 2.